The number of rotatable bonds is 4. The van der Waals surface area contributed by atoms with Gasteiger partial charge in [-0.1, -0.05) is 5.16 Å². The quantitative estimate of drug-likeness (QED) is 0.882. The van der Waals surface area contributed by atoms with E-state index >= 15 is 0 Å². The minimum atomic E-state index is -0.346. The zero-order valence-electron chi connectivity index (χ0n) is 9.53. The minimum Gasteiger partial charge on any atom is -0.494 e. The van der Waals surface area contributed by atoms with Crippen LogP contribution in [-0.2, 0) is 6.54 Å². The Morgan fingerprint density at radius 3 is 2.94 bits per heavy atom. The van der Waals surface area contributed by atoms with Crippen LogP contribution in [0.3, 0.4) is 0 Å². The molecule has 90 valence electrons. The molecule has 0 spiro atoms. The summed E-state index contributed by atoms with van der Waals surface area (Å²) in [5.41, 5.74) is 0.671. The van der Waals surface area contributed by atoms with Gasteiger partial charge in [0.25, 0.3) is 0 Å². The third-order valence-corrected chi connectivity index (χ3v) is 2.16. The maximum Gasteiger partial charge on any atom is 0.245 e. The van der Waals surface area contributed by atoms with Crippen molar-refractivity contribution in [3.8, 4) is 5.75 Å². The largest absolute Gasteiger partial charge is 0.494 e. The van der Waals surface area contributed by atoms with Gasteiger partial charge in [-0.25, -0.2) is 4.39 Å². The monoisotopic (exact) mass is 237 g/mol. The van der Waals surface area contributed by atoms with E-state index in [-0.39, 0.29) is 5.82 Å². The van der Waals surface area contributed by atoms with Gasteiger partial charge in [0.05, 0.1) is 19.3 Å². The molecule has 0 amide bonds. The SMILES string of the molecule is COc1cc(F)ccc1NCc1nc(C)no1. The fourth-order valence-corrected chi connectivity index (χ4v) is 1.39. The van der Waals surface area contributed by atoms with E-state index in [1.807, 2.05) is 0 Å². The molecule has 0 atom stereocenters. The van der Waals surface area contributed by atoms with Crippen molar-refractivity contribution in [2.24, 2.45) is 0 Å². The second-order valence-electron chi connectivity index (χ2n) is 3.43. The first-order valence-electron chi connectivity index (χ1n) is 5.05. The number of anilines is 1. The molecule has 0 saturated carbocycles. The lowest BCUT2D eigenvalue weighted by molar-refractivity contribution is 0.379. The standard InChI is InChI=1S/C11H12FN3O2/c1-7-14-11(17-15-7)6-13-9-4-3-8(12)5-10(9)16-2/h3-5,13H,6H2,1-2H3. The molecule has 0 aliphatic heterocycles. The first-order valence-corrected chi connectivity index (χ1v) is 5.05. The van der Waals surface area contributed by atoms with E-state index < -0.39 is 0 Å². The third-order valence-electron chi connectivity index (χ3n) is 2.16. The highest BCUT2D eigenvalue weighted by molar-refractivity contribution is 5.56. The average molecular weight is 237 g/mol. The Labute approximate surface area is 97.6 Å². The van der Waals surface area contributed by atoms with Crippen molar-refractivity contribution >= 4 is 5.69 Å². The summed E-state index contributed by atoms with van der Waals surface area (Å²) in [5, 5.41) is 6.70. The lowest BCUT2D eigenvalue weighted by Crippen LogP contribution is -2.02. The van der Waals surface area contributed by atoms with Crippen LogP contribution in [0.15, 0.2) is 22.7 Å². The fraction of sp³-hybridized carbons (Fsp3) is 0.273. The summed E-state index contributed by atoms with van der Waals surface area (Å²) in [6.07, 6.45) is 0. The van der Waals surface area contributed by atoms with Crippen LogP contribution in [0.4, 0.5) is 10.1 Å². The number of halogens is 1. The van der Waals surface area contributed by atoms with Crippen molar-refractivity contribution < 1.29 is 13.7 Å². The van der Waals surface area contributed by atoms with Crippen LogP contribution in [0.1, 0.15) is 11.7 Å². The van der Waals surface area contributed by atoms with Crippen LogP contribution in [0.25, 0.3) is 0 Å². The van der Waals surface area contributed by atoms with E-state index in [9.17, 15) is 4.39 Å². The number of nitrogens with one attached hydrogen (secondary N) is 1. The van der Waals surface area contributed by atoms with Crippen molar-refractivity contribution in [1.82, 2.24) is 10.1 Å². The van der Waals surface area contributed by atoms with Crippen LogP contribution < -0.4 is 10.1 Å². The Morgan fingerprint density at radius 1 is 1.47 bits per heavy atom. The first kappa shape index (κ1) is 11.4. The van der Waals surface area contributed by atoms with E-state index in [2.05, 4.69) is 15.5 Å². The molecule has 5 nitrogen and oxygen atoms in total. The smallest absolute Gasteiger partial charge is 0.245 e. The van der Waals surface area contributed by atoms with Crippen LogP contribution in [0.2, 0.25) is 0 Å². The van der Waals surface area contributed by atoms with E-state index in [4.69, 9.17) is 9.26 Å². The summed E-state index contributed by atoms with van der Waals surface area (Å²) in [4.78, 5) is 4.04. The fourth-order valence-electron chi connectivity index (χ4n) is 1.39. The molecule has 0 fully saturated rings. The van der Waals surface area contributed by atoms with Crippen molar-refractivity contribution in [2.75, 3.05) is 12.4 Å². The number of benzene rings is 1. The maximum absolute atomic E-state index is 13.0. The number of nitrogens with zero attached hydrogens (tertiary/aromatic N) is 2. The number of hydrogen-bond acceptors (Lipinski definition) is 5. The Hall–Kier alpha value is -2.11. The Bertz CT molecular complexity index is 513. The number of methoxy groups -OCH3 is 1. The van der Waals surface area contributed by atoms with E-state index in [1.165, 1.54) is 19.2 Å². The number of hydrogen-bond donors (Lipinski definition) is 1. The van der Waals surface area contributed by atoms with Crippen LogP contribution in [0, 0.1) is 12.7 Å². The predicted molar refractivity (Wildman–Crippen MR) is 59.3 cm³/mol. The molecule has 0 aliphatic carbocycles. The van der Waals surface area contributed by atoms with Gasteiger partial charge in [0.2, 0.25) is 5.89 Å². The number of aromatic nitrogens is 2. The summed E-state index contributed by atoms with van der Waals surface area (Å²) in [6.45, 7) is 2.11. The first-order chi connectivity index (χ1) is 8.19. The summed E-state index contributed by atoms with van der Waals surface area (Å²) in [7, 11) is 1.48. The molecule has 1 aromatic carbocycles. The van der Waals surface area contributed by atoms with E-state index in [0.717, 1.165) is 0 Å². The minimum absolute atomic E-state index is 0.346. The normalized spacial score (nSPS) is 10.3. The molecule has 0 radical (unpaired) electrons. The second-order valence-corrected chi connectivity index (χ2v) is 3.43. The van der Waals surface area contributed by atoms with Crippen molar-refractivity contribution in [1.29, 1.82) is 0 Å². The van der Waals surface area contributed by atoms with Crippen molar-refractivity contribution in [2.45, 2.75) is 13.5 Å². The number of aryl methyl sites for hydroxylation is 1. The number of ether oxygens (including phenoxy) is 1. The summed E-state index contributed by atoms with van der Waals surface area (Å²) < 4.78 is 22.9. The molecule has 1 N–H and O–H groups in total. The molecule has 0 saturated heterocycles. The van der Waals surface area contributed by atoms with Gasteiger partial charge >= 0.3 is 0 Å². The zero-order chi connectivity index (χ0) is 12.3. The van der Waals surface area contributed by atoms with E-state index in [1.54, 1.807) is 13.0 Å². The summed E-state index contributed by atoms with van der Waals surface area (Å²) in [5.74, 6) is 1.13. The van der Waals surface area contributed by atoms with Crippen molar-refractivity contribution in [3.05, 3.63) is 35.7 Å². The van der Waals surface area contributed by atoms with Gasteiger partial charge in [0.15, 0.2) is 5.82 Å². The second kappa shape index (κ2) is 4.82. The highest BCUT2D eigenvalue weighted by atomic mass is 19.1. The molecule has 0 aliphatic rings. The van der Waals surface area contributed by atoms with Gasteiger partial charge in [-0.3, -0.25) is 0 Å². The van der Waals surface area contributed by atoms with Crippen LogP contribution in [0.5, 0.6) is 5.75 Å². The third kappa shape index (κ3) is 2.72. The van der Waals surface area contributed by atoms with Crippen LogP contribution >= 0.6 is 0 Å². The van der Waals surface area contributed by atoms with Crippen LogP contribution in [-0.4, -0.2) is 17.3 Å². The molecule has 1 heterocycles. The molecule has 6 heteroatoms. The maximum atomic E-state index is 13.0. The Kier molecular flexibility index (Phi) is 3.22. The highest BCUT2D eigenvalue weighted by Crippen LogP contribution is 2.25. The molecule has 0 unspecified atom stereocenters. The summed E-state index contributed by atoms with van der Waals surface area (Å²) >= 11 is 0. The predicted octanol–water partition coefficient (Wildman–Crippen LogP) is 2.14. The van der Waals surface area contributed by atoms with Crippen molar-refractivity contribution in [3.63, 3.8) is 0 Å². The summed E-state index contributed by atoms with van der Waals surface area (Å²) in [6, 6.07) is 4.25. The molecular weight excluding hydrogens is 225 g/mol. The zero-order valence-corrected chi connectivity index (χ0v) is 9.53. The molecule has 2 rings (SSSR count). The molecule has 2 aromatic rings. The Balaban J connectivity index is 2.08. The Morgan fingerprint density at radius 2 is 2.29 bits per heavy atom. The molecular formula is C11H12FN3O2. The van der Waals surface area contributed by atoms with E-state index in [0.29, 0.717) is 29.7 Å². The van der Waals surface area contributed by atoms with Gasteiger partial charge in [-0.15, -0.1) is 0 Å². The highest BCUT2D eigenvalue weighted by Gasteiger charge is 2.06. The average Bonchev–Trinajstić information content (AvgIpc) is 2.73. The topological polar surface area (TPSA) is 60.2 Å². The van der Waals surface area contributed by atoms with Gasteiger partial charge in [-0.05, 0) is 19.1 Å². The molecule has 17 heavy (non-hydrogen) atoms. The van der Waals surface area contributed by atoms with Gasteiger partial charge < -0.3 is 14.6 Å². The molecule has 0 bridgehead atoms. The lowest BCUT2D eigenvalue weighted by Gasteiger charge is -2.09. The van der Waals surface area contributed by atoms with Gasteiger partial charge in [-0.2, -0.15) is 4.98 Å². The molecule has 1 aromatic heterocycles. The van der Waals surface area contributed by atoms with Gasteiger partial charge in [0, 0.05) is 6.07 Å². The lowest BCUT2D eigenvalue weighted by atomic mass is 10.3. The van der Waals surface area contributed by atoms with Gasteiger partial charge in [0.1, 0.15) is 11.6 Å².